The van der Waals surface area contributed by atoms with Crippen LogP contribution in [0.4, 0.5) is 0 Å². The van der Waals surface area contributed by atoms with E-state index < -0.39 is 0 Å². The molecule has 0 fully saturated rings. The summed E-state index contributed by atoms with van der Waals surface area (Å²) in [5.74, 6) is 1.96. The fourth-order valence-electron chi connectivity index (χ4n) is 2.39. The molecule has 136 valence electrons. The Morgan fingerprint density at radius 3 is 2.64 bits per heavy atom. The predicted molar refractivity (Wildman–Crippen MR) is 101 cm³/mol. The molecule has 0 aliphatic carbocycles. The maximum absolute atomic E-state index is 11.9. The van der Waals surface area contributed by atoms with E-state index >= 15 is 0 Å². The number of thioether (sulfide) groups is 1. The average Bonchev–Trinajstić information content (AvgIpc) is 3.00. The molecule has 6 nitrogen and oxygen atoms in total. The maximum atomic E-state index is 11.9. The van der Waals surface area contributed by atoms with Gasteiger partial charge in [-0.05, 0) is 30.7 Å². The molecule has 1 aromatic heterocycles. The molecular weight excluding hydrogens is 336 g/mol. The van der Waals surface area contributed by atoms with E-state index in [1.165, 1.54) is 31.0 Å². The molecule has 25 heavy (non-hydrogen) atoms. The van der Waals surface area contributed by atoms with E-state index in [0.717, 1.165) is 35.3 Å². The van der Waals surface area contributed by atoms with Crippen LogP contribution in [0.3, 0.4) is 0 Å². The van der Waals surface area contributed by atoms with Crippen molar-refractivity contribution < 1.29 is 9.53 Å². The number of methoxy groups -OCH3 is 1. The Morgan fingerprint density at radius 1 is 1.20 bits per heavy atom. The lowest BCUT2D eigenvalue weighted by molar-refractivity contribution is -0.118. The number of aromatic nitrogens is 3. The number of nitrogens with zero attached hydrogens (tertiary/aromatic N) is 3. The highest BCUT2D eigenvalue weighted by molar-refractivity contribution is 7.99. The zero-order valence-corrected chi connectivity index (χ0v) is 15.9. The quantitative estimate of drug-likeness (QED) is 0.519. The number of ether oxygens (including phenoxy) is 1. The van der Waals surface area contributed by atoms with Crippen molar-refractivity contribution >= 4 is 17.7 Å². The Bertz CT molecular complexity index is 670. The summed E-state index contributed by atoms with van der Waals surface area (Å²) in [6.07, 6.45) is 4.62. The molecule has 0 saturated carbocycles. The minimum absolute atomic E-state index is 0.0375. The molecule has 2 aromatic rings. The molecule has 1 aromatic carbocycles. The van der Waals surface area contributed by atoms with Crippen molar-refractivity contribution in [2.75, 3.05) is 19.4 Å². The first-order valence-corrected chi connectivity index (χ1v) is 9.57. The molecule has 1 N–H and O–H groups in total. The smallest absolute Gasteiger partial charge is 0.230 e. The molecule has 2 rings (SSSR count). The molecular formula is C18H26N4O2S. The van der Waals surface area contributed by atoms with Gasteiger partial charge in [-0.15, -0.1) is 10.2 Å². The highest BCUT2D eigenvalue weighted by Crippen LogP contribution is 2.24. The third kappa shape index (κ3) is 5.77. The van der Waals surface area contributed by atoms with Crippen molar-refractivity contribution in [1.29, 1.82) is 0 Å². The van der Waals surface area contributed by atoms with E-state index in [1.54, 1.807) is 7.11 Å². The van der Waals surface area contributed by atoms with Crippen LogP contribution in [0.5, 0.6) is 5.75 Å². The minimum Gasteiger partial charge on any atom is -0.497 e. The highest BCUT2D eigenvalue weighted by atomic mass is 32.2. The summed E-state index contributed by atoms with van der Waals surface area (Å²) in [6.45, 7) is 2.92. The van der Waals surface area contributed by atoms with Crippen LogP contribution in [0, 0.1) is 0 Å². The van der Waals surface area contributed by atoms with Gasteiger partial charge in [-0.2, -0.15) is 0 Å². The summed E-state index contributed by atoms with van der Waals surface area (Å²) < 4.78 is 7.07. The Balaban J connectivity index is 1.85. The molecule has 0 spiro atoms. The van der Waals surface area contributed by atoms with Gasteiger partial charge in [0.05, 0.1) is 12.9 Å². The van der Waals surface area contributed by atoms with Crippen LogP contribution in [0.15, 0.2) is 29.4 Å². The highest BCUT2D eigenvalue weighted by Gasteiger charge is 2.12. The van der Waals surface area contributed by atoms with E-state index in [0.29, 0.717) is 5.75 Å². The summed E-state index contributed by atoms with van der Waals surface area (Å²) in [4.78, 5) is 11.9. The van der Waals surface area contributed by atoms with Crippen LogP contribution >= 0.6 is 11.8 Å². The standard InChI is InChI=1S/C18H26N4O2S/c1-4-5-6-7-12-19-16(23)13-25-18-21-20-17(22(18)2)14-8-10-15(24-3)11-9-14/h8-11H,4-7,12-13H2,1-3H3,(H,19,23). The van der Waals surface area contributed by atoms with Crippen LogP contribution in [0.25, 0.3) is 11.4 Å². The summed E-state index contributed by atoms with van der Waals surface area (Å²) >= 11 is 1.40. The van der Waals surface area contributed by atoms with Crippen molar-refractivity contribution in [2.45, 2.75) is 37.8 Å². The normalized spacial score (nSPS) is 10.7. The fraction of sp³-hybridized carbons (Fsp3) is 0.500. The van der Waals surface area contributed by atoms with E-state index in [-0.39, 0.29) is 5.91 Å². The molecule has 0 atom stereocenters. The number of hydrogen-bond acceptors (Lipinski definition) is 5. The van der Waals surface area contributed by atoms with Crippen molar-refractivity contribution in [3.63, 3.8) is 0 Å². The van der Waals surface area contributed by atoms with Crippen molar-refractivity contribution in [3.05, 3.63) is 24.3 Å². The van der Waals surface area contributed by atoms with Gasteiger partial charge in [0, 0.05) is 19.2 Å². The number of carbonyl (C=O) groups is 1. The van der Waals surface area contributed by atoms with E-state index in [4.69, 9.17) is 4.74 Å². The van der Waals surface area contributed by atoms with E-state index in [1.807, 2.05) is 35.9 Å². The molecule has 1 heterocycles. The first-order valence-electron chi connectivity index (χ1n) is 8.59. The lowest BCUT2D eigenvalue weighted by Crippen LogP contribution is -2.26. The van der Waals surface area contributed by atoms with Gasteiger partial charge >= 0.3 is 0 Å². The molecule has 0 saturated heterocycles. The molecule has 0 aliphatic heterocycles. The first-order chi connectivity index (χ1) is 12.2. The number of amides is 1. The van der Waals surface area contributed by atoms with E-state index in [2.05, 4.69) is 22.4 Å². The second kappa shape index (κ2) is 10.1. The van der Waals surface area contributed by atoms with Gasteiger partial charge in [0.15, 0.2) is 11.0 Å². The Morgan fingerprint density at radius 2 is 1.96 bits per heavy atom. The monoisotopic (exact) mass is 362 g/mol. The number of hydrogen-bond donors (Lipinski definition) is 1. The second-order valence-corrected chi connectivity index (χ2v) is 6.74. The van der Waals surface area contributed by atoms with Gasteiger partial charge in [0.1, 0.15) is 5.75 Å². The molecule has 0 radical (unpaired) electrons. The Kier molecular flexibility index (Phi) is 7.78. The Hall–Kier alpha value is -2.02. The van der Waals surface area contributed by atoms with Crippen molar-refractivity contribution in [1.82, 2.24) is 20.1 Å². The van der Waals surface area contributed by atoms with Crippen LogP contribution in [-0.4, -0.2) is 40.1 Å². The minimum atomic E-state index is 0.0375. The van der Waals surface area contributed by atoms with Gasteiger partial charge < -0.3 is 14.6 Å². The zero-order valence-electron chi connectivity index (χ0n) is 15.1. The van der Waals surface area contributed by atoms with Gasteiger partial charge in [-0.25, -0.2) is 0 Å². The summed E-state index contributed by atoms with van der Waals surface area (Å²) in [5, 5.41) is 12.1. The first kappa shape index (κ1) is 19.3. The van der Waals surface area contributed by atoms with Gasteiger partial charge in [-0.3, -0.25) is 4.79 Å². The lowest BCUT2D eigenvalue weighted by atomic mass is 10.2. The predicted octanol–water partition coefficient (Wildman–Crippen LogP) is 3.28. The SMILES string of the molecule is CCCCCCNC(=O)CSc1nnc(-c2ccc(OC)cc2)n1C. The van der Waals surface area contributed by atoms with E-state index in [9.17, 15) is 4.79 Å². The summed E-state index contributed by atoms with van der Waals surface area (Å²) in [5.41, 5.74) is 0.961. The second-order valence-electron chi connectivity index (χ2n) is 5.79. The molecule has 7 heteroatoms. The molecule has 0 unspecified atom stereocenters. The fourth-order valence-corrected chi connectivity index (χ4v) is 3.13. The molecule has 1 amide bonds. The third-order valence-corrected chi connectivity index (χ3v) is 4.89. The van der Waals surface area contributed by atoms with Gasteiger partial charge in [0.2, 0.25) is 5.91 Å². The number of unbranched alkanes of at least 4 members (excludes halogenated alkanes) is 3. The average molecular weight is 362 g/mol. The maximum Gasteiger partial charge on any atom is 0.230 e. The summed E-state index contributed by atoms with van der Waals surface area (Å²) in [7, 11) is 3.55. The van der Waals surface area contributed by atoms with Crippen LogP contribution in [0.1, 0.15) is 32.6 Å². The third-order valence-electron chi connectivity index (χ3n) is 3.87. The molecule has 0 bridgehead atoms. The van der Waals surface area contributed by atoms with Gasteiger partial charge in [0.25, 0.3) is 0 Å². The van der Waals surface area contributed by atoms with Crippen LogP contribution in [0.2, 0.25) is 0 Å². The van der Waals surface area contributed by atoms with Crippen molar-refractivity contribution in [2.24, 2.45) is 7.05 Å². The number of rotatable bonds is 10. The Labute approximate surface area is 153 Å². The summed E-state index contributed by atoms with van der Waals surface area (Å²) in [6, 6.07) is 7.67. The van der Waals surface area contributed by atoms with Crippen molar-refractivity contribution in [3.8, 4) is 17.1 Å². The number of benzene rings is 1. The number of carbonyl (C=O) groups excluding carboxylic acids is 1. The zero-order chi connectivity index (χ0) is 18.1. The largest absolute Gasteiger partial charge is 0.497 e. The molecule has 0 aliphatic rings. The van der Waals surface area contributed by atoms with Crippen LogP contribution in [-0.2, 0) is 11.8 Å². The van der Waals surface area contributed by atoms with Gasteiger partial charge in [-0.1, -0.05) is 37.9 Å². The lowest BCUT2D eigenvalue weighted by Gasteiger charge is -2.06. The van der Waals surface area contributed by atoms with Crippen LogP contribution < -0.4 is 10.1 Å². The number of nitrogens with one attached hydrogen (secondary N) is 1. The topological polar surface area (TPSA) is 69.0 Å².